The summed E-state index contributed by atoms with van der Waals surface area (Å²) < 4.78 is 45.2. The first-order valence-electron chi connectivity index (χ1n) is 18.4. The average Bonchev–Trinajstić information content (AvgIpc) is 3.10. The van der Waals surface area contributed by atoms with Crippen LogP contribution in [0.1, 0.15) is 92.9 Å². The van der Waals surface area contributed by atoms with Gasteiger partial charge in [-0.05, 0) is 103 Å². The minimum absolute atomic E-state index is 0. The highest BCUT2D eigenvalue weighted by molar-refractivity contribution is 8.13. The third-order valence-electron chi connectivity index (χ3n) is 8.57. The number of carbonyl (C=O) groups is 2. The lowest BCUT2D eigenvalue weighted by atomic mass is 9.83. The van der Waals surface area contributed by atoms with Crippen molar-refractivity contribution in [3.63, 3.8) is 0 Å². The molecule has 0 amide bonds. The van der Waals surface area contributed by atoms with Gasteiger partial charge in [-0.15, -0.1) is 0 Å². The SMILES string of the molecule is CC(=O)SCCOC(C)OCC1CCC(COC(C)OCCSC(C)=O)CC1.CC(OCCS)OCC1CCC(COC(C)OCCS)CC1.[I-]. The van der Waals surface area contributed by atoms with Crippen LogP contribution < -0.4 is 24.0 Å². The molecule has 0 aromatic heterocycles. The van der Waals surface area contributed by atoms with Crippen LogP contribution in [0.4, 0.5) is 0 Å². The number of hydrogen-bond acceptors (Lipinski definition) is 14. The van der Waals surface area contributed by atoms with E-state index in [-0.39, 0.29) is 59.4 Å². The molecule has 4 unspecified atom stereocenters. The van der Waals surface area contributed by atoms with E-state index in [1.165, 1.54) is 49.2 Å². The van der Waals surface area contributed by atoms with Crippen LogP contribution in [0.5, 0.6) is 0 Å². The summed E-state index contributed by atoms with van der Waals surface area (Å²) in [5.41, 5.74) is 0. The van der Waals surface area contributed by atoms with E-state index in [0.29, 0.717) is 61.6 Å². The Labute approximate surface area is 345 Å². The van der Waals surface area contributed by atoms with E-state index in [2.05, 4.69) is 25.3 Å². The van der Waals surface area contributed by atoms with E-state index in [0.717, 1.165) is 63.6 Å². The standard InChI is InChI=1S/C20H36O6S2.C16H32O4S2.HI/c1-15(21)27-11-9-23-17(3)25-13-19-5-7-20(8-6-19)14-26-18(4)24-10-12-28-16(2)22;1-13(17-7-9-21)19-11-15-3-5-16(6-4-15)12-20-14(2)18-8-10-22;/h17-20H,5-14H2,1-4H3;13-16,21-22H,3-12H2,1-2H3;1H/p-1. The number of thioether (sulfide) groups is 2. The maximum atomic E-state index is 10.9. The summed E-state index contributed by atoms with van der Waals surface area (Å²) in [6, 6.07) is 0. The predicted octanol–water partition coefficient (Wildman–Crippen LogP) is 4.53. The first-order chi connectivity index (χ1) is 24.0. The second-order valence-electron chi connectivity index (χ2n) is 13.0. The molecule has 0 aromatic carbocycles. The summed E-state index contributed by atoms with van der Waals surface area (Å²) in [7, 11) is 0. The second kappa shape index (κ2) is 34.4. The van der Waals surface area contributed by atoms with Crippen LogP contribution >= 0.6 is 48.8 Å². The van der Waals surface area contributed by atoms with Gasteiger partial charge in [0.2, 0.25) is 0 Å². The van der Waals surface area contributed by atoms with Crippen LogP contribution in [-0.2, 0) is 47.5 Å². The lowest BCUT2D eigenvalue weighted by Crippen LogP contribution is -3.00. The molecule has 2 rings (SSSR count). The van der Waals surface area contributed by atoms with E-state index < -0.39 is 0 Å². The van der Waals surface area contributed by atoms with Gasteiger partial charge in [-0.2, -0.15) is 25.3 Å². The Morgan fingerprint density at radius 3 is 0.941 bits per heavy atom. The molecule has 2 fully saturated rings. The van der Waals surface area contributed by atoms with Crippen LogP contribution in [0.2, 0.25) is 0 Å². The summed E-state index contributed by atoms with van der Waals surface area (Å²) in [5.74, 6) is 5.26. The molecule has 10 nitrogen and oxygen atoms in total. The number of hydrogen-bond donors (Lipinski definition) is 2. The van der Waals surface area contributed by atoms with Gasteiger partial charge in [0, 0.05) is 36.9 Å². The number of rotatable bonds is 26. The fraction of sp³-hybridized carbons (Fsp3) is 0.944. The monoisotopic (exact) mass is 915 g/mol. The first kappa shape index (κ1) is 52.2. The molecule has 0 radical (unpaired) electrons. The molecule has 51 heavy (non-hydrogen) atoms. The lowest BCUT2D eigenvalue weighted by molar-refractivity contribution is -0.144. The predicted molar refractivity (Wildman–Crippen MR) is 210 cm³/mol. The third-order valence-corrected chi connectivity index (χ3v) is 10.5. The fourth-order valence-electron chi connectivity index (χ4n) is 5.64. The summed E-state index contributed by atoms with van der Waals surface area (Å²) in [6.45, 7) is 16.2. The van der Waals surface area contributed by atoms with Gasteiger partial charge >= 0.3 is 0 Å². The van der Waals surface area contributed by atoms with Crippen molar-refractivity contribution in [1.29, 1.82) is 0 Å². The summed E-state index contributed by atoms with van der Waals surface area (Å²) >= 11 is 10.8. The summed E-state index contributed by atoms with van der Waals surface area (Å²) in [5, 5.41) is 0.233. The quantitative estimate of drug-likeness (QED) is 0.0552. The van der Waals surface area contributed by atoms with Crippen molar-refractivity contribution >= 4 is 59.0 Å². The highest BCUT2D eigenvalue weighted by atomic mass is 127. The molecular weight excluding hydrogens is 848 g/mol. The fourth-order valence-corrected chi connectivity index (χ4v) is 6.79. The Morgan fingerprint density at radius 2 is 0.725 bits per heavy atom. The van der Waals surface area contributed by atoms with Crippen molar-refractivity contribution in [3.05, 3.63) is 0 Å². The van der Waals surface area contributed by atoms with Crippen LogP contribution in [0, 0.1) is 23.7 Å². The molecule has 0 N–H and O–H groups in total. The smallest absolute Gasteiger partial charge is 0.185 e. The van der Waals surface area contributed by atoms with Crippen molar-refractivity contribution in [1.82, 2.24) is 0 Å². The molecule has 0 heterocycles. The molecule has 0 spiro atoms. The number of carbonyl (C=O) groups excluding carboxylic acids is 2. The van der Waals surface area contributed by atoms with Crippen LogP contribution in [0.25, 0.3) is 0 Å². The van der Waals surface area contributed by atoms with Crippen molar-refractivity contribution < 1.29 is 71.5 Å². The Hall–Kier alpha value is 1.15. The summed E-state index contributed by atoms with van der Waals surface area (Å²) in [4.78, 5) is 21.7. The zero-order valence-corrected chi connectivity index (χ0v) is 37.5. The van der Waals surface area contributed by atoms with Gasteiger partial charge in [-0.1, -0.05) is 23.5 Å². The first-order valence-corrected chi connectivity index (χ1v) is 21.7. The Bertz CT molecular complexity index is 770. The highest BCUT2D eigenvalue weighted by Gasteiger charge is 2.24. The Kier molecular flexibility index (Phi) is 35.2. The maximum Gasteiger partial charge on any atom is 0.185 e. The van der Waals surface area contributed by atoms with E-state index in [1.54, 1.807) is 13.8 Å². The van der Waals surface area contributed by atoms with Crippen LogP contribution in [0.3, 0.4) is 0 Å². The second-order valence-corrected chi connectivity index (χ2v) is 16.4. The molecule has 304 valence electrons. The van der Waals surface area contributed by atoms with Crippen molar-refractivity contribution in [2.45, 2.75) is 118 Å². The van der Waals surface area contributed by atoms with Gasteiger partial charge < -0.3 is 61.9 Å². The molecule has 2 aliphatic carbocycles. The summed E-state index contributed by atoms with van der Waals surface area (Å²) in [6.07, 6.45) is 8.70. The molecule has 15 heteroatoms. The molecule has 0 saturated heterocycles. The molecular formula is C36H68IO10S4-. The van der Waals surface area contributed by atoms with Crippen molar-refractivity contribution in [3.8, 4) is 0 Å². The largest absolute Gasteiger partial charge is 1.00 e. The molecule has 0 aromatic rings. The number of thiol groups is 2. The van der Waals surface area contributed by atoms with Gasteiger partial charge in [0.25, 0.3) is 0 Å². The molecule has 0 aliphatic heterocycles. The van der Waals surface area contributed by atoms with Gasteiger partial charge in [-0.25, -0.2) is 0 Å². The van der Waals surface area contributed by atoms with E-state index >= 15 is 0 Å². The van der Waals surface area contributed by atoms with Crippen LogP contribution in [-0.4, -0.2) is 111 Å². The molecule has 2 saturated carbocycles. The zero-order chi connectivity index (χ0) is 37.0. The maximum absolute atomic E-state index is 10.9. The number of halogens is 1. The van der Waals surface area contributed by atoms with E-state index in [1.807, 2.05) is 27.7 Å². The Balaban J connectivity index is 0.000000988. The molecule has 2 aliphatic rings. The van der Waals surface area contributed by atoms with E-state index in [4.69, 9.17) is 37.9 Å². The van der Waals surface area contributed by atoms with Gasteiger partial charge in [0.05, 0.1) is 52.9 Å². The average molecular weight is 916 g/mol. The van der Waals surface area contributed by atoms with E-state index in [9.17, 15) is 9.59 Å². The molecule has 4 atom stereocenters. The minimum Gasteiger partial charge on any atom is -1.00 e. The van der Waals surface area contributed by atoms with Gasteiger partial charge in [0.15, 0.2) is 35.4 Å². The topological polar surface area (TPSA) is 108 Å². The minimum atomic E-state index is -0.229. The van der Waals surface area contributed by atoms with Crippen molar-refractivity contribution in [2.24, 2.45) is 23.7 Å². The van der Waals surface area contributed by atoms with Crippen molar-refractivity contribution in [2.75, 3.05) is 75.9 Å². The normalized spacial score (nSPS) is 22.9. The highest BCUT2D eigenvalue weighted by Crippen LogP contribution is 2.31. The van der Waals surface area contributed by atoms with Gasteiger partial charge in [-0.3, -0.25) is 9.59 Å². The Morgan fingerprint density at radius 1 is 0.490 bits per heavy atom. The van der Waals surface area contributed by atoms with Gasteiger partial charge in [0.1, 0.15) is 0 Å². The molecule has 0 bridgehead atoms. The van der Waals surface area contributed by atoms with Crippen LogP contribution in [0.15, 0.2) is 0 Å². The number of ether oxygens (including phenoxy) is 8. The zero-order valence-electron chi connectivity index (χ0n) is 31.9. The third kappa shape index (κ3) is 31.0. The lowest BCUT2D eigenvalue weighted by Gasteiger charge is -2.29.